The number of carbonyl (C=O) groups is 1. The number of nitrogens with one attached hydrogen (secondary N) is 1. The van der Waals surface area contributed by atoms with Gasteiger partial charge in [0.2, 0.25) is 11.0 Å². The Morgan fingerprint density at radius 1 is 1.38 bits per heavy atom. The van der Waals surface area contributed by atoms with E-state index in [9.17, 15) is 4.79 Å². The van der Waals surface area contributed by atoms with Crippen molar-refractivity contribution in [3.63, 3.8) is 0 Å². The second-order valence-electron chi connectivity index (χ2n) is 3.96. The molecule has 1 aromatic rings. The van der Waals surface area contributed by atoms with Crippen LogP contribution in [0.2, 0.25) is 0 Å². The van der Waals surface area contributed by atoms with E-state index in [1.807, 2.05) is 0 Å². The first-order valence-electron chi connectivity index (χ1n) is 5.49. The third kappa shape index (κ3) is 2.92. The van der Waals surface area contributed by atoms with Gasteiger partial charge in [-0.05, 0) is 12.8 Å². The Kier molecular flexibility index (Phi) is 4.12. The number of hydrogen-bond acceptors (Lipinski definition) is 4. The Labute approximate surface area is 103 Å². The van der Waals surface area contributed by atoms with Crippen molar-refractivity contribution in [1.82, 2.24) is 10.2 Å². The third-order valence-electron chi connectivity index (χ3n) is 2.79. The molecular formula is C10H14ClN3OS. The van der Waals surface area contributed by atoms with E-state index in [4.69, 9.17) is 11.6 Å². The van der Waals surface area contributed by atoms with Crippen LogP contribution in [0.4, 0.5) is 5.13 Å². The summed E-state index contributed by atoms with van der Waals surface area (Å²) in [4.78, 5) is 11.9. The second kappa shape index (κ2) is 5.59. The molecule has 1 aliphatic rings. The maximum atomic E-state index is 11.9. The van der Waals surface area contributed by atoms with Gasteiger partial charge in [-0.3, -0.25) is 4.79 Å². The highest BCUT2D eigenvalue weighted by molar-refractivity contribution is 7.15. The van der Waals surface area contributed by atoms with Crippen molar-refractivity contribution in [1.29, 1.82) is 0 Å². The van der Waals surface area contributed by atoms with Crippen LogP contribution in [0.25, 0.3) is 0 Å². The van der Waals surface area contributed by atoms with Crippen molar-refractivity contribution in [3.05, 3.63) is 5.01 Å². The summed E-state index contributed by atoms with van der Waals surface area (Å²) in [5.41, 5.74) is 0. The van der Waals surface area contributed by atoms with E-state index in [1.165, 1.54) is 17.8 Å². The Morgan fingerprint density at radius 2 is 2.12 bits per heavy atom. The minimum Gasteiger partial charge on any atom is -0.300 e. The lowest BCUT2D eigenvalue weighted by atomic mass is 9.89. The number of alkyl halides is 1. The molecule has 6 heteroatoms. The molecule has 0 saturated heterocycles. The number of aromatic nitrogens is 2. The zero-order valence-corrected chi connectivity index (χ0v) is 10.5. The summed E-state index contributed by atoms with van der Waals surface area (Å²) in [6, 6.07) is 0. The molecule has 1 aliphatic carbocycles. The number of anilines is 1. The topological polar surface area (TPSA) is 54.9 Å². The van der Waals surface area contributed by atoms with Crippen molar-refractivity contribution in [2.45, 2.75) is 38.0 Å². The number of nitrogens with zero attached hydrogens (tertiary/aromatic N) is 2. The van der Waals surface area contributed by atoms with E-state index < -0.39 is 0 Å². The maximum Gasteiger partial charge on any atom is 0.229 e. The largest absolute Gasteiger partial charge is 0.300 e. The summed E-state index contributed by atoms with van der Waals surface area (Å²) in [5, 5.41) is 11.8. The summed E-state index contributed by atoms with van der Waals surface area (Å²) in [7, 11) is 0. The van der Waals surface area contributed by atoms with Crippen LogP contribution < -0.4 is 5.32 Å². The van der Waals surface area contributed by atoms with Crippen LogP contribution in [0, 0.1) is 5.92 Å². The molecule has 0 spiro atoms. The van der Waals surface area contributed by atoms with Gasteiger partial charge in [-0.1, -0.05) is 30.6 Å². The minimum atomic E-state index is 0.0805. The van der Waals surface area contributed by atoms with Gasteiger partial charge in [-0.15, -0.1) is 21.8 Å². The first-order valence-corrected chi connectivity index (χ1v) is 6.84. The zero-order valence-electron chi connectivity index (χ0n) is 8.91. The number of carbonyl (C=O) groups excluding carboxylic acids is 1. The van der Waals surface area contributed by atoms with Crippen LogP contribution in [-0.4, -0.2) is 16.1 Å². The van der Waals surface area contributed by atoms with Gasteiger partial charge in [0, 0.05) is 5.92 Å². The number of rotatable bonds is 3. The molecule has 1 fully saturated rings. The van der Waals surface area contributed by atoms with Crippen LogP contribution in [0.3, 0.4) is 0 Å². The van der Waals surface area contributed by atoms with Gasteiger partial charge in [0.1, 0.15) is 5.01 Å². The van der Waals surface area contributed by atoms with Crippen LogP contribution >= 0.6 is 22.9 Å². The highest BCUT2D eigenvalue weighted by atomic mass is 35.5. The lowest BCUT2D eigenvalue weighted by Gasteiger charge is -2.19. The van der Waals surface area contributed by atoms with E-state index in [0.29, 0.717) is 11.0 Å². The standard InChI is InChI=1S/C10H14ClN3OS/c11-6-8-13-14-10(16-8)12-9(15)7-4-2-1-3-5-7/h7H,1-6H2,(H,12,14,15). The quantitative estimate of drug-likeness (QED) is 0.850. The zero-order chi connectivity index (χ0) is 11.4. The lowest BCUT2D eigenvalue weighted by molar-refractivity contribution is -0.120. The van der Waals surface area contributed by atoms with Crippen LogP contribution in [0.1, 0.15) is 37.1 Å². The second-order valence-corrected chi connectivity index (χ2v) is 5.29. The van der Waals surface area contributed by atoms with Crippen molar-refractivity contribution in [2.24, 2.45) is 5.92 Å². The molecular weight excluding hydrogens is 246 g/mol. The molecule has 0 unspecified atom stereocenters. The number of amides is 1. The fraction of sp³-hybridized carbons (Fsp3) is 0.700. The van der Waals surface area contributed by atoms with Crippen LogP contribution in [-0.2, 0) is 10.7 Å². The molecule has 1 amide bonds. The summed E-state index contributed by atoms with van der Waals surface area (Å²) in [6.45, 7) is 0. The predicted molar refractivity (Wildman–Crippen MR) is 64.7 cm³/mol. The first-order chi connectivity index (χ1) is 7.79. The molecule has 88 valence electrons. The lowest BCUT2D eigenvalue weighted by Crippen LogP contribution is -2.24. The SMILES string of the molecule is O=C(Nc1nnc(CCl)s1)C1CCCCC1. The Morgan fingerprint density at radius 3 is 2.75 bits per heavy atom. The van der Waals surface area contributed by atoms with E-state index in [-0.39, 0.29) is 11.8 Å². The summed E-state index contributed by atoms with van der Waals surface area (Å²) in [5.74, 6) is 0.575. The van der Waals surface area contributed by atoms with E-state index in [1.54, 1.807) is 0 Å². The van der Waals surface area contributed by atoms with Gasteiger partial charge in [-0.2, -0.15) is 0 Å². The Balaban J connectivity index is 1.90. The van der Waals surface area contributed by atoms with E-state index >= 15 is 0 Å². The van der Waals surface area contributed by atoms with Crippen molar-refractivity contribution < 1.29 is 4.79 Å². The monoisotopic (exact) mass is 259 g/mol. The molecule has 1 N–H and O–H groups in total. The van der Waals surface area contributed by atoms with Gasteiger partial charge in [0.15, 0.2) is 0 Å². The predicted octanol–water partition coefficient (Wildman–Crippen LogP) is 2.80. The molecule has 4 nitrogen and oxygen atoms in total. The molecule has 2 rings (SSSR count). The molecule has 1 saturated carbocycles. The average Bonchev–Trinajstić information content (AvgIpc) is 2.78. The van der Waals surface area contributed by atoms with Crippen molar-refractivity contribution >= 4 is 34.0 Å². The van der Waals surface area contributed by atoms with E-state index in [2.05, 4.69) is 15.5 Å². The Hall–Kier alpha value is -0.680. The molecule has 16 heavy (non-hydrogen) atoms. The normalized spacial score (nSPS) is 17.3. The summed E-state index contributed by atoms with van der Waals surface area (Å²) < 4.78 is 0. The molecule has 0 aliphatic heterocycles. The van der Waals surface area contributed by atoms with Gasteiger partial charge in [-0.25, -0.2) is 0 Å². The molecule has 1 aromatic heterocycles. The molecule has 0 radical (unpaired) electrons. The third-order valence-corrected chi connectivity index (χ3v) is 4.04. The molecule has 0 aromatic carbocycles. The minimum absolute atomic E-state index is 0.0805. The van der Waals surface area contributed by atoms with Crippen LogP contribution in [0.5, 0.6) is 0 Å². The highest BCUT2D eigenvalue weighted by Gasteiger charge is 2.21. The van der Waals surface area contributed by atoms with Gasteiger partial charge < -0.3 is 5.32 Å². The summed E-state index contributed by atoms with van der Waals surface area (Å²) >= 11 is 6.96. The molecule has 0 bridgehead atoms. The fourth-order valence-electron chi connectivity index (χ4n) is 1.93. The van der Waals surface area contributed by atoms with Crippen LogP contribution in [0.15, 0.2) is 0 Å². The molecule has 0 atom stereocenters. The fourth-order valence-corrected chi connectivity index (χ4v) is 2.74. The smallest absolute Gasteiger partial charge is 0.229 e. The van der Waals surface area contributed by atoms with Gasteiger partial charge in [0.25, 0.3) is 0 Å². The van der Waals surface area contributed by atoms with Gasteiger partial charge in [0.05, 0.1) is 5.88 Å². The molecule has 1 heterocycles. The van der Waals surface area contributed by atoms with Gasteiger partial charge >= 0.3 is 0 Å². The van der Waals surface area contributed by atoms with E-state index in [0.717, 1.165) is 30.7 Å². The van der Waals surface area contributed by atoms with Crippen molar-refractivity contribution in [3.8, 4) is 0 Å². The summed E-state index contributed by atoms with van der Waals surface area (Å²) in [6.07, 6.45) is 5.54. The average molecular weight is 260 g/mol. The Bertz CT molecular complexity index is 363. The number of hydrogen-bond donors (Lipinski definition) is 1. The highest BCUT2D eigenvalue weighted by Crippen LogP contribution is 2.25. The maximum absolute atomic E-state index is 11.9. The first kappa shape index (κ1) is 11.8. The van der Waals surface area contributed by atoms with Crippen molar-refractivity contribution in [2.75, 3.05) is 5.32 Å². The number of halogens is 1.